The number of anilines is 1. The van der Waals surface area contributed by atoms with Crippen LogP contribution in [0, 0.1) is 5.82 Å². The first-order valence-corrected chi connectivity index (χ1v) is 9.73. The van der Waals surface area contributed by atoms with E-state index in [0.29, 0.717) is 42.0 Å². The minimum Gasteiger partial charge on any atom is -0.493 e. The van der Waals surface area contributed by atoms with Crippen LogP contribution in [0.1, 0.15) is 12.0 Å². The predicted octanol–water partition coefficient (Wildman–Crippen LogP) is 3.66. The Morgan fingerprint density at radius 2 is 1.68 bits per heavy atom. The molecular weight excluding hydrogens is 514 g/mol. The average Bonchev–Trinajstić information content (AvgIpc) is 2.77. The van der Waals surface area contributed by atoms with E-state index < -0.39 is 0 Å². The third-order valence-electron chi connectivity index (χ3n) is 4.63. The fraction of sp³-hybridized carbons (Fsp3) is 0.409. The summed E-state index contributed by atoms with van der Waals surface area (Å²) in [6.07, 6.45) is 0.829. The molecule has 0 unspecified atom stereocenters. The molecule has 0 fully saturated rings. The Labute approximate surface area is 201 Å². The first-order chi connectivity index (χ1) is 14.5. The monoisotopic (exact) mass is 546 g/mol. The van der Waals surface area contributed by atoms with E-state index in [1.807, 2.05) is 30.1 Å². The number of methoxy groups -OCH3 is 3. The summed E-state index contributed by atoms with van der Waals surface area (Å²) >= 11 is 0. The predicted molar refractivity (Wildman–Crippen MR) is 134 cm³/mol. The van der Waals surface area contributed by atoms with Gasteiger partial charge in [0.05, 0.1) is 27.0 Å². The van der Waals surface area contributed by atoms with Crippen molar-refractivity contribution in [2.24, 2.45) is 4.99 Å². The van der Waals surface area contributed by atoms with Gasteiger partial charge in [0.15, 0.2) is 17.5 Å². The van der Waals surface area contributed by atoms with E-state index in [9.17, 15) is 4.39 Å². The highest BCUT2D eigenvalue weighted by Crippen LogP contribution is 2.38. The Balaban J connectivity index is 0.00000480. The SMILES string of the molecule is CN=C(NCCCN(C)c1ccccc1F)NCc1cc(OC)c(OC)c(OC)c1.I. The fourth-order valence-corrected chi connectivity index (χ4v) is 3.05. The number of para-hydroxylation sites is 1. The smallest absolute Gasteiger partial charge is 0.203 e. The second kappa shape index (κ2) is 13.8. The van der Waals surface area contributed by atoms with E-state index in [1.54, 1.807) is 40.5 Å². The fourth-order valence-electron chi connectivity index (χ4n) is 3.05. The minimum absolute atomic E-state index is 0. The van der Waals surface area contributed by atoms with Gasteiger partial charge in [-0.25, -0.2) is 4.39 Å². The molecule has 7 nitrogen and oxygen atoms in total. The normalized spacial score (nSPS) is 10.7. The van der Waals surface area contributed by atoms with E-state index >= 15 is 0 Å². The molecule has 0 heterocycles. The highest BCUT2D eigenvalue weighted by Gasteiger charge is 2.13. The Hall–Kier alpha value is -2.43. The molecule has 0 bridgehead atoms. The molecule has 2 N–H and O–H groups in total. The Bertz CT molecular complexity index is 826. The van der Waals surface area contributed by atoms with Gasteiger partial charge in [0.1, 0.15) is 5.82 Å². The van der Waals surface area contributed by atoms with Crippen LogP contribution in [-0.2, 0) is 6.54 Å². The maximum Gasteiger partial charge on any atom is 0.203 e. The molecule has 2 rings (SSSR count). The number of nitrogens with one attached hydrogen (secondary N) is 2. The van der Waals surface area contributed by atoms with Crippen LogP contribution in [0.25, 0.3) is 0 Å². The average molecular weight is 546 g/mol. The van der Waals surface area contributed by atoms with Crippen LogP contribution < -0.4 is 29.7 Å². The zero-order valence-corrected chi connectivity index (χ0v) is 21.0. The molecule has 0 atom stereocenters. The zero-order chi connectivity index (χ0) is 21.9. The Morgan fingerprint density at radius 3 is 2.23 bits per heavy atom. The summed E-state index contributed by atoms with van der Waals surface area (Å²) in [4.78, 5) is 6.15. The maximum atomic E-state index is 13.8. The van der Waals surface area contributed by atoms with Crippen molar-refractivity contribution in [1.82, 2.24) is 10.6 Å². The molecule has 0 spiro atoms. The molecule has 0 aliphatic heterocycles. The topological polar surface area (TPSA) is 67.4 Å². The molecule has 2 aromatic carbocycles. The van der Waals surface area contributed by atoms with Crippen LogP contribution in [0.15, 0.2) is 41.4 Å². The highest BCUT2D eigenvalue weighted by molar-refractivity contribution is 14.0. The lowest BCUT2D eigenvalue weighted by Crippen LogP contribution is -2.38. The number of ether oxygens (including phenoxy) is 3. The lowest BCUT2D eigenvalue weighted by atomic mass is 10.2. The number of halogens is 2. The first kappa shape index (κ1) is 26.6. The molecule has 0 aromatic heterocycles. The van der Waals surface area contributed by atoms with Crippen LogP contribution >= 0.6 is 24.0 Å². The van der Waals surface area contributed by atoms with Crippen molar-refractivity contribution in [1.29, 1.82) is 0 Å². The molecule has 31 heavy (non-hydrogen) atoms. The van der Waals surface area contributed by atoms with Crippen molar-refractivity contribution in [3.63, 3.8) is 0 Å². The molecule has 172 valence electrons. The third kappa shape index (κ3) is 7.64. The molecule has 0 aliphatic rings. The lowest BCUT2D eigenvalue weighted by Gasteiger charge is -2.20. The van der Waals surface area contributed by atoms with Gasteiger partial charge < -0.3 is 29.7 Å². The van der Waals surface area contributed by atoms with Gasteiger partial charge >= 0.3 is 0 Å². The molecule has 0 saturated carbocycles. The quantitative estimate of drug-likeness (QED) is 0.205. The summed E-state index contributed by atoms with van der Waals surface area (Å²) in [7, 11) is 8.36. The van der Waals surface area contributed by atoms with Gasteiger partial charge in [-0.15, -0.1) is 24.0 Å². The molecular formula is C22H32FIN4O3. The lowest BCUT2D eigenvalue weighted by molar-refractivity contribution is 0.323. The van der Waals surface area contributed by atoms with E-state index in [-0.39, 0.29) is 29.8 Å². The standard InChI is InChI=1S/C22H31FN4O3.HI/c1-24-22(25-11-8-12-27(2)18-10-7-6-9-17(18)23)26-15-16-13-19(28-3)21(30-5)20(14-16)29-4;/h6-7,9-10,13-14H,8,11-12,15H2,1-5H3,(H2,24,25,26);1H. The van der Waals surface area contributed by atoms with Crippen LogP contribution in [0.3, 0.4) is 0 Å². The van der Waals surface area contributed by atoms with Crippen molar-refractivity contribution in [2.45, 2.75) is 13.0 Å². The van der Waals surface area contributed by atoms with Gasteiger partial charge in [-0.1, -0.05) is 12.1 Å². The van der Waals surface area contributed by atoms with Crippen LogP contribution in [0.2, 0.25) is 0 Å². The second-order valence-electron chi connectivity index (χ2n) is 6.61. The van der Waals surface area contributed by atoms with Gasteiger partial charge in [-0.05, 0) is 36.2 Å². The van der Waals surface area contributed by atoms with Gasteiger partial charge in [0.25, 0.3) is 0 Å². The summed E-state index contributed by atoms with van der Waals surface area (Å²) in [5.41, 5.74) is 1.56. The molecule has 0 amide bonds. The number of aliphatic imine (C=N–C) groups is 1. The van der Waals surface area contributed by atoms with E-state index in [4.69, 9.17) is 14.2 Å². The highest BCUT2D eigenvalue weighted by atomic mass is 127. The number of hydrogen-bond donors (Lipinski definition) is 2. The number of guanidine groups is 1. The number of rotatable bonds is 10. The molecule has 9 heteroatoms. The number of benzene rings is 2. The molecule has 2 aromatic rings. The molecule has 0 radical (unpaired) electrons. The van der Waals surface area contributed by atoms with Gasteiger partial charge in [0.2, 0.25) is 5.75 Å². The summed E-state index contributed by atoms with van der Waals surface area (Å²) < 4.78 is 30.0. The van der Waals surface area contributed by atoms with Gasteiger partial charge in [0, 0.05) is 33.7 Å². The van der Waals surface area contributed by atoms with Gasteiger partial charge in [-0.3, -0.25) is 4.99 Å². The minimum atomic E-state index is -0.212. The second-order valence-corrected chi connectivity index (χ2v) is 6.61. The third-order valence-corrected chi connectivity index (χ3v) is 4.63. The summed E-state index contributed by atoms with van der Waals surface area (Å²) in [5.74, 6) is 2.24. The Morgan fingerprint density at radius 1 is 1.03 bits per heavy atom. The summed E-state index contributed by atoms with van der Waals surface area (Å²) in [6.45, 7) is 1.96. The number of hydrogen-bond acceptors (Lipinski definition) is 5. The maximum absolute atomic E-state index is 13.8. The van der Waals surface area contributed by atoms with E-state index in [0.717, 1.165) is 18.5 Å². The van der Waals surface area contributed by atoms with Crippen molar-refractivity contribution in [2.75, 3.05) is 53.4 Å². The number of nitrogens with zero attached hydrogens (tertiary/aromatic N) is 2. The van der Waals surface area contributed by atoms with Crippen LogP contribution in [0.4, 0.5) is 10.1 Å². The Kier molecular flexibility index (Phi) is 11.8. The first-order valence-electron chi connectivity index (χ1n) is 9.73. The zero-order valence-electron chi connectivity index (χ0n) is 18.7. The van der Waals surface area contributed by atoms with E-state index in [2.05, 4.69) is 15.6 Å². The van der Waals surface area contributed by atoms with Crippen LogP contribution in [-0.4, -0.2) is 54.5 Å². The van der Waals surface area contributed by atoms with Crippen molar-refractivity contribution < 1.29 is 18.6 Å². The van der Waals surface area contributed by atoms with E-state index in [1.165, 1.54) is 6.07 Å². The molecule has 0 saturated heterocycles. The van der Waals surface area contributed by atoms with Crippen molar-refractivity contribution in [3.05, 3.63) is 47.8 Å². The van der Waals surface area contributed by atoms with Gasteiger partial charge in [-0.2, -0.15) is 0 Å². The summed E-state index contributed by atoms with van der Waals surface area (Å²) in [6, 6.07) is 10.6. The van der Waals surface area contributed by atoms with Crippen molar-refractivity contribution >= 4 is 35.6 Å². The summed E-state index contributed by atoms with van der Waals surface area (Å²) in [5, 5.41) is 6.54. The van der Waals surface area contributed by atoms with Crippen LogP contribution in [0.5, 0.6) is 17.2 Å². The molecule has 0 aliphatic carbocycles. The van der Waals surface area contributed by atoms with Crippen molar-refractivity contribution in [3.8, 4) is 17.2 Å². The largest absolute Gasteiger partial charge is 0.493 e.